The van der Waals surface area contributed by atoms with E-state index in [2.05, 4.69) is 5.32 Å². The van der Waals surface area contributed by atoms with E-state index < -0.39 is 17.5 Å². The van der Waals surface area contributed by atoms with Gasteiger partial charge in [0.05, 0.1) is 7.11 Å². The van der Waals surface area contributed by atoms with Gasteiger partial charge in [0.15, 0.2) is 11.6 Å². The van der Waals surface area contributed by atoms with Crippen LogP contribution in [0.1, 0.15) is 32.3 Å². The normalized spacial score (nSPS) is 12.7. The lowest BCUT2D eigenvalue weighted by Gasteiger charge is -2.22. The SMILES string of the molecule is COc1c(F)cc(Cl)cc1C(CN)CNC(=O)OC(C)(C)C. The maximum Gasteiger partial charge on any atom is 0.407 e. The zero-order valence-corrected chi connectivity index (χ0v) is 14.0. The van der Waals surface area contributed by atoms with Gasteiger partial charge in [-0.15, -0.1) is 0 Å². The van der Waals surface area contributed by atoms with Gasteiger partial charge in [-0.05, 0) is 32.9 Å². The number of benzene rings is 1. The number of nitrogens with one attached hydrogen (secondary N) is 1. The number of methoxy groups -OCH3 is 1. The highest BCUT2D eigenvalue weighted by Crippen LogP contribution is 2.32. The molecule has 0 radical (unpaired) electrons. The number of rotatable bonds is 5. The predicted molar refractivity (Wildman–Crippen MR) is 84.0 cm³/mol. The van der Waals surface area contributed by atoms with E-state index in [1.165, 1.54) is 13.2 Å². The van der Waals surface area contributed by atoms with Gasteiger partial charge in [0.1, 0.15) is 5.60 Å². The third kappa shape index (κ3) is 5.35. The Morgan fingerprint density at radius 3 is 2.59 bits per heavy atom. The number of hydrogen-bond donors (Lipinski definition) is 2. The van der Waals surface area contributed by atoms with Crippen molar-refractivity contribution < 1.29 is 18.7 Å². The van der Waals surface area contributed by atoms with Crippen molar-refractivity contribution in [1.29, 1.82) is 0 Å². The Labute approximate surface area is 134 Å². The second kappa shape index (κ2) is 7.65. The van der Waals surface area contributed by atoms with Gasteiger partial charge < -0.3 is 20.5 Å². The summed E-state index contributed by atoms with van der Waals surface area (Å²) >= 11 is 5.88. The second-order valence-electron chi connectivity index (χ2n) is 5.83. The number of halogens is 2. The number of amides is 1. The molecule has 22 heavy (non-hydrogen) atoms. The fourth-order valence-electron chi connectivity index (χ4n) is 1.94. The summed E-state index contributed by atoms with van der Waals surface area (Å²) in [5.41, 5.74) is 5.64. The Morgan fingerprint density at radius 2 is 2.09 bits per heavy atom. The summed E-state index contributed by atoms with van der Waals surface area (Å²) in [6, 6.07) is 2.75. The molecule has 0 heterocycles. The standard InChI is InChI=1S/C15H22ClFN2O3/c1-15(2,3)22-14(20)19-8-9(7-18)11-5-10(16)6-12(17)13(11)21-4/h5-6,9H,7-8,18H2,1-4H3,(H,19,20). The molecule has 124 valence electrons. The van der Waals surface area contributed by atoms with Gasteiger partial charge in [-0.1, -0.05) is 11.6 Å². The maximum atomic E-state index is 13.9. The van der Waals surface area contributed by atoms with E-state index in [1.54, 1.807) is 26.8 Å². The number of hydrogen-bond acceptors (Lipinski definition) is 4. The molecule has 1 rings (SSSR count). The summed E-state index contributed by atoms with van der Waals surface area (Å²) < 4.78 is 24.1. The van der Waals surface area contributed by atoms with Gasteiger partial charge in [0, 0.05) is 29.6 Å². The number of alkyl carbamates (subject to hydrolysis) is 1. The lowest BCUT2D eigenvalue weighted by molar-refractivity contribution is 0.0524. The molecule has 0 fully saturated rings. The molecule has 0 aromatic heterocycles. The summed E-state index contributed by atoms with van der Waals surface area (Å²) in [5, 5.41) is 2.86. The van der Waals surface area contributed by atoms with Crippen LogP contribution in [-0.4, -0.2) is 31.9 Å². The lowest BCUT2D eigenvalue weighted by Crippen LogP contribution is -2.36. The average molecular weight is 333 g/mol. The van der Waals surface area contributed by atoms with E-state index in [0.29, 0.717) is 5.56 Å². The minimum atomic E-state index is -0.595. The van der Waals surface area contributed by atoms with Crippen molar-refractivity contribution >= 4 is 17.7 Å². The molecule has 0 saturated heterocycles. The first kappa shape index (κ1) is 18.5. The van der Waals surface area contributed by atoms with Gasteiger partial charge in [-0.2, -0.15) is 0 Å². The highest BCUT2D eigenvalue weighted by molar-refractivity contribution is 6.30. The van der Waals surface area contributed by atoms with Crippen molar-refractivity contribution in [3.8, 4) is 5.75 Å². The predicted octanol–water partition coefficient (Wildman–Crippen LogP) is 3.05. The van der Waals surface area contributed by atoms with Crippen LogP contribution in [0.4, 0.5) is 9.18 Å². The van der Waals surface area contributed by atoms with Gasteiger partial charge in [0.2, 0.25) is 0 Å². The van der Waals surface area contributed by atoms with Crippen molar-refractivity contribution in [2.45, 2.75) is 32.3 Å². The van der Waals surface area contributed by atoms with Crippen LogP contribution in [0.25, 0.3) is 0 Å². The summed E-state index contributed by atoms with van der Waals surface area (Å²) in [7, 11) is 1.37. The Hall–Kier alpha value is -1.53. The van der Waals surface area contributed by atoms with Crippen molar-refractivity contribution in [3.05, 3.63) is 28.5 Å². The molecular weight excluding hydrogens is 311 g/mol. The summed E-state index contributed by atoms with van der Waals surface area (Å²) in [6.07, 6.45) is -0.563. The van der Waals surface area contributed by atoms with Crippen LogP contribution in [0.2, 0.25) is 5.02 Å². The minimum Gasteiger partial charge on any atom is -0.493 e. The smallest absolute Gasteiger partial charge is 0.407 e. The van der Waals surface area contributed by atoms with E-state index in [-0.39, 0.29) is 29.8 Å². The highest BCUT2D eigenvalue weighted by Gasteiger charge is 2.21. The average Bonchev–Trinajstić information content (AvgIpc) is 2.36. The number of nitrogens with two attached hydrogens (primary N) is 1. The molecule has 0 aliphatic carbocycles. The molecule has 0 aliphatic rings. The molecule has 1 unspecified atom stereocenters. The van der Waals surface area contributed by atoms with E-state index in [9.17, 15) is 9.18 Å². The topological polar surface area (TPSA) is 73.6 Å². The van der Waals surface area contributed by atoms with Gasteiger partial charge >= 0.3 is 6.09 Å². The Kier molecular flexibility index (Phi) is 6.44. The van der Waals surface area contributed by atoms with Crippen LogP contribution >= 0.6 is 11.6 Å². The van der Waals surface area contributed by atoms with E-state index in [1.807, 2.05) is 0 Å². The molecule has 1 amide bonds. The Bertz CT molecular complexity index is 532. The zero-order valence-electron chi connectivity index (χ0n) is 13.2. The first-order chi connectivity index (χ1) is 10.2. The molecule has 0 bridgehead atoms. The molecular formula is C15H22ClFN2O3. The van der Waals surface area contributed by atoms with Crippen LogP contribution in [-0.2, 0) is 4.74 Å². The fraction of sp³-hybridized carbons (Fsp3) is 0.533. The summed E-state index contributed by atoms with van der Waals surface area (Å²) in [6.45, 7) is 5.67. The first-order valence-electron chi connectivity index (χ1n) is 6.87. The van der Waals surface area contributed by atoms with Crippen molar-refractivity contribution in [3.63, 3.8) is 0 Å². The molecule has 3 N–H and O–H groups in total. The van der Waals surface area contributed by atoms with Gasteiger partial charge in [-0.3, -0.25) is 0 Å². The molecule has 0 spiro atoms. The van der Waals surface area contributed by atoms with Gasteiger partial charge in [0.25, 0.3) is 0 Å². The van der Waals surface area contributed by atoms with Crippen LogP contribution in [0.3, 0.4) is 0 Å². The van der Waals surface area contributed by atoms with Crippen molar-refractivity contribution in [2.75, 3.05) is 20.2 Å². The van der Waals surface area contributed by atoms with Crippen LogP contribution in [0, 0.1) is 5.82 Å². The molecule has 5 nitrogen and oxygen atoms in total. The van der Waals surface area contributed by atoms with E-state index in [4.69, 9.17) is 26.8 Å². The molecule has 7 heteroatoms. The minimum absolute atomic E-state index is 0.0749. The fourth-order valence-corrected chi connectivity index (χ4v) is 2.15. The number of ether oxygens (including phenoxy) is 2. The first-order valence-corrected chi connectivity index (χ1v) is 7.25. The summed E-state index contributed by atoms with van der Waals surface area (Å²) in [5.74, 6) is -0.845. The molecule has 0 saturated carbocycles. The Morgan fingerprint density at radius 1 is 1.45 bits per heavy atom. The zero-order chi connectivity index (χ0) is 16.9. The van der Waals surface area contributed by atoms with E-state index in [0.717, 1.165) is 0 Å². The largest absolute Gasteiger partial charge is 0.493 e. The second-order valence-corrected chi connectivity index (χ2v) is 6.26. The third-order valence-electron chi connectivity index (χ3n) is 2.86. The molecule has 1 aromatic rings. The summed E-state index contributed by atoms with van der Waals surface area (Å²) in [4.78, 5) is 11.7. The van der Waals surface area contributed by atoms with Crippen LogP contribution in [0.15, 0.2) is 12.1 Å². The molecule has 1 atom stereocenters. The number of carbonyl (C=O) groups excluding carboxylic acids is 1. The third-order valence-corrected chi connectivity index (χ3v) is 3.08. The molecule has 0 aliphatic heterocycles. The quantitative estimate of drug-likeness (QED) is 0.869. The number of carbonyl (C=O) groups is 1. The van der Waals surface area contributed by atoms with Crippen molar-refractivity contribution in [1.82, 2.24) is 5.32 Å². The van der Waals surface area contributed by atoms with Crippen LogP contribution in [0.5, 0.6) is 5.75 Å². The maximum absolute atomic E-state index is 13.9. The lowest BCUT2D eigenvalue weighted by atomic mass is 9.98. The monoisotopic (exact) mass is 332 g/mol. The molecule has 1 aromatic carbocycles. The van der Waals surface area contributed by atoms with Crippen molar-refractivity contribution in [2.24, 2.45) is 5.73 Å². The Balaban J connectivity index is 2.87. The van der Waals surface area contributed by atoms with Crippen LogP contribution < -0.4 is 15.8 Å². The van der Waals surface area contributed by atoms with Gasteiger partial charge in [-0.25, -0.2) is 9.18 Å². The highest BCUT2D eigenvalue weighted by atomic mass is 35.5. The van der Waals surface area contributed by atoms with E-state index >= 15 is 0 Å².